The van der Waals surface area contributed by atoms with E-state index in [0.717, 1.165) is 26.5 Å². The zero-order valence-electron chi connectivity index (χ0n) is 35.2. The van der Waals surface area contributed by atoms with E-state index in [1.807, 2.05) is 39.8 Å². The van der Waals surface area contributed by atoms with Crippen molar-refractivity contribution < 1.29 is 38.6 Å². The molecule has 1 saturated heterocycles. The van der Waals surface area contributed by atoms with Gasteiger partial charge in [0.2, 0.25) is 17.7 Å². The van der Waals surface area contributed by atoms with Gasteiger partial charge < -0.3 is 25.2 Å². The van der Waals surface area contributed by atoms with E-state index < -0.39 is 59.7 Å². The Morgan fingerprint density at radius 1 is 1.10 bits per heavy atom. The number of benzene rings is 2. The third-order valence-electron chi connectivity index (χ3n) is 11.1. The molecule has 0 aliphatic carbocycles. The van der Waals surface area contributed by atoms with Gasteiger partial charge >= 0.3 is 0 Å². The van der Waals surface area contributed by atoms with E-state index in [-0.39, 0.29) is 66.9 Å². The summed E-state index contributed by atoms with van der Waals surface area (Å²) in [5, 5.41) is 38.3. The molecule has 0 bridgehead atoms. The van der Waals surface area contributed by atoms with Crippen molar-refractivity contribution >= 4 is 74.9 Å². The molecule has 16 nitrogen and oxygen atoms in total. The summed E-state index contributed by atoms with van der Waals surface area (Å²) in [5.74, 6) is -2.33. The number of aliphatic hydroxyl groups excluding tert-OH is 1. The highest BCUT2D eigenvalue weighted by Gasteiger charge is 2.46. The average molecular weight is 875 g/mol. The molecular weight excluding hydrogens is 824 g/mol. The van der Waals surface area contributed by atoms with Crippen LogP contribution in [0.5, 0.6) is 5.75 Å². The van der Waals surface area contributed by atoms with E-state index >= 15 is 0 Å². The number of anilines is 1. The summed E-state index contributed by atoms with van der Waals surface area (Å²) in [6.45, 7) is 12.6. The number of amides is 5. The first-order valence-corrected chi connectivity index (χ1v) is 21.1. The second-order valence-corrected chi connectivity index (χ2v) is 18.0. The van der Waals surface area contributed by atoms with Gasteiger partial charge in [-0.2, -0.15) is 0 Å². The van der Waals surface area contributed by atoms with Crippen molar-refractivity contribution in [2.24, 2.45) is 4.99 Å². The minimum absolute atomic E-state index is 0.0144. The van der Waals surface area contributed by atoms with E-state index in [1.54, 1.807) is 43.9 Å². The minimum Gasteiger partial charge on any atom is -0.483 e. The van der Waals surface area contributed by atoms with Crippen LogP contribution in [0.25, 0.3) is 0 Å². The Kier molecular flexibility index (Phi) is 13.2. The van der Waals surface area contributed by atoms with Crippen molar-refractivity contribution in [2.45, 2.75) is 104 Å². The molecule has 18 heteroatoms. The molecule has 3 unspecified atom stereocenters. The van der Waals surface area contributed by atoms with E-state index in [2.05, 4.69) is 16.0 Å². The average Bonchev–Trinajstić information content (AvgIpc) is 3.58. The number of ether oxygens (including phenoxy) is 2. The number of nitrogens with zero attached hydrogens (tertiary/aromatic N) is 3. The lowest BCUT2D eigenvalue weighted by Gasteiger charge is -2.34. The van der Waals surface area contributed by atoms with Gasteiger partial charge in [-0.3, -0.25) is 54.9 Å². The second-order valence-electron chi connectivity index (χ2n) is 16.3. The SMILES string of the molecule is CCC(C)(CNC(=O)C[C@@H]1N=C(c2ccc(Cl)cc2)c2c(sc(C)c2C)N(C(C)=N)C1=N)OCC(C)(C)NC(=O)COc1cccc2c1C(O)N(C1CCC(=O)NC1=O)C2=O. The molecule has 4 heterocycles. The standard InChI is InChI=1S/C43H51ClN8O8S/c1-8-43(7,20-47-32(54)18-28-37(46)51(24(4)45)41-34(22(2)23(3)61-41)36(48-28)25-12-14-26(44)15-13-25)60-21-42(5,6)50-33(55)19-59-30-11-9-10-27-35(30)40(58)52(39(27)57)29-16-17-31(53)49-38(29)56/h9-15,28-29,40,45-46,58H,8,16-21H2,1-7H3,(H,47,54)(H,50,55)(H,49,53,56)/t28-,29?,40?,43?/m0/s1. The van der Waals surface area contributed by atoms with Crippen LogP contribution in [0.4, 0.5) is 5.00 Å². The summed E-state index contributed by atoms with van der Waals surface area (Å²) in [5.41, 5.74) is 1.70. The van der Waals surface area contributed by atoms with E-state index in [0.29, 0.717) is 22.2 Å². The number of aryl methyl sites for hydroxylation is 1. The molecule has 0 radical (unpaired) electrons. The number of nitrogens with one attached hydrogen (secondary N) is 5. The first-order valence-electron chi connectivity index (χ1n) is 19.9. The lowest BCUT2D eigenvalue weighted by atomic mass is 9.99. The summed E-state index contributed by atoms with van der Waals surface area (Å²) < 4.78 is 12.1. The molecule has 4 atom stereocenters. The van der Waals surface area contributed by atoms with Crippen molar-refractivity contribution in [1.82, 2.24) is 20.9 Å². The number of halogens is 1. The molecule has 6 N–H and O–H groups in total. The van der Waals surface area contributed by atoms with Gasteiger partial charge in [0.25, 0.3) is 11.8 Å². The minimum atomic E-state index is -1.52. The van der Waals surface area contributed by atoms with Crippen LogP contribution in [-0.4, -0.2) is 99.9 Å². The fraction of sp³-hybridized carbons (Fsp3) is 0.442. The van der Waals surface area contributed by atoms with Gasteiger partial charge in [0.15, 0.2) is 12.8 Å². The molecule has 1 fully saturated rings. The molecule has 324 valence electrons. The van der Waals surface area contributed by atoms with Crippen LogP contribution < -0.4 is 25.6 Å². The summed E-state index contributed by atoms with van der Waals surface area (Å²) in [6, 6.07) is 9.86. The number of piperidine rings is 1. The normalized spacial score (nSPS) is 20.0. The lowest BCUT2D eigenvalue weighted by Crippen LogP contribution is -2.53. The Hall–Kier alpha value is -5.49. The van der Waals surface area contributed by atoms with Crippen LogP contribution in [-0.2, 0) is 23.9 Å². The Morgan fingerprint density at radius 3 is 2.46 bits per heavy atom. The zero-order chi connectivity index (χ0) is 44.6. The Labute approximate surface area is 363 Å². The highest BCUT2D eigenvalue weighted by atomic mass is 35.5. The van der Waals surface area contributed by atoms with Gasteiger partial charge in [0, 0.05) is 34.0 Å². The number of hydrogen-bond acceptors (Lipinski definition) is 12. The quantitative estimate of drug-likeness (QED) is 0.0732. The number of thiophene rings is 1. The van der Waals surface area contributed by atoms with Crippen LogP contribution in [0.2, 0.25) is 5.02 Å². The number of rotatable bonds is 14. The monoisotopic (exact) mass is 874 g/mol. The van der Waals surface area contributed by atoms with Gasteiger partial charge in [0.05, 0.1) is 41.0 Å². The van der Waals surface area contributed by atoms with Gasteiger partial charge in [-0.25, -0.2) is 0 Å². The van der Waals surface area contributed by atoms with Gasteiger partial charge in [0.1, 0.15) is 34.5 Å². The lowest BCUT2D eigenvalue weighted by molar-refractivity contribution is -0.139. The molecule has 3 aromatic rings. The topological polar surface area (TPSA) is 227 Å². The van der Waals surface area contributed by atoms with Crippen LogP contribution in [0.1, 0.15) is 104 Å². The number of imide groups is 1. The van der Waals surface area contributed by atoms with Crippen LogP contribution >= 0.6 is 22.9 Å². The maximum Gasteiger partial charge on any atom is 0.258 e. The van der Waals surface area contributed by atoms with Gasteiger partial charge in [-0.1, -0.05) is 36.7 Å². The molecule has 0 saturated carbocycles. The second kappa shape index (κ2) is 17.8. The van der Waals surface area contributed by atoms with Gasteiger partial charge in [-0.05, 0) is 84.2 Å². The Bertz CT molecular complexity index is 2330. The number of carbonyl (C=O) groups is 5. The third-order valence-corrected chi connectivity index (χ3v) is 12.5. The molecular formula is C43H51ClN8O8S. The highest BCUT2D eigenvalue weighted by molar-refractivity contribution is 7.17. The molecule has 3 aliphatic heterocycles. The number of aliphatic imine (C=N–C) groups is 1. The number of hydrogen-bond donors (Lipinski definition) is 6. The number of fused-ring (bicyclic) bond motifs is 2. The maximum atomic E-state index is 13.6. The summed E-state index contributed by atoms with van der Waals surface area (Å²) >= 11 is 7.69. The van der Waals surface area contributed by atoms with Crippen molar-refractivity contribution in [1.29, 1.82) is 10.8 Å². The molecule has 6 rings (SSSR count). The maximum absolute atomic E-state index is 13.6. The third kappa shape index (κ3) is 9.54. The van der Waals surface area contributed by atoms with E-state index in [9.17, 15) is 34.5 Å². The van der Waals surface area contributed by atoms with E-state index in [1.165, 1.54) is 23.5 Å². The number of amidine groups is 2. The molecule has 3 aliphatic rings. The summed E-state index contributed by atoms with van der Waals surface area (Å²) in [7, 11) is 0. The molecule has 0 spiro atoms. The van der Waals surface area contributed by atoms with Gasteiger partial charge in [-0.15, -0.1) is 11.3 Å². The number of aliphatic hydroxyl groups is 1. The molecule has 5 amide bonds. The number of carbonyl (C=O) groups excluding carboxylic acids is 5. The predicted octanol–water partition coefficient (Wildman–Crippen LogP) is 4.94. The predicted molar refractivity (Wildman–Crippen MR) is 232 cm³/mol. The first kappa shape index (κ1) is 45.0. The van der Waals surface area contributed by atoms with Crippen molar-refractivity contribution in [3.8, 4) is 5.75 Å². The van der Waals surface area contributed by atoms with Crippen molar-refractivity contribution in [3.63, 3.8) is 0 Å². The summed E-state index contributed by atoms with van der Waals surface area (Å²) in [4.78, 5) is 72.9. The van der Waals surface area contributed by atoms with E-state index in [4.69, 9.17) is 31.5 Å². The molecule has 61 heavy (non-hydrogen) atoms. The van der Waals surface area contributed by atoms with Crippen LogP contribution in [0, 0.1) is 24.7 Å². The Balaban J connectivity index is 1.06. The fourth-order valence-corrected chi connectivity index (χ4v) is 8.77. The molecule has 2 aromatic carbocycles. The zero-order valence-corrected chi connectivity index (χ0v) is 36.7. The fourth-order valence-electron chi connectivity index (χ4n) is 7.42. The van der Waals surface area contributed by atoms with Crippen molar-refractivity contribution in [3.05, 3.63) is 80.2 Å². The summed E-state index contributed by atoms with van der Waals surface area (Å²) in [6.07, 6.45) is -1.08. The van der Waals surface area contributed by atoms with Crippen molar-refractivity contribution in [2.75, 3.05) is 24.7 Å². The first-order chi connectivity index (χ1) is 28.7. The van der Waals surface area contributed by atoms with Crippen LogP contribution in [0.15, 0.2) is 47.5 Å². The highest BCUT2D eigenvalue weighted by Crippen LogP contribution is 2.42. The molecule has 1 aromatic heterocycles. The smallest absolute Gasteiger partial charge is 0.258 e. The largest absolute Gasteiger partial charge is 0.483 e. The van der Waals surface area contributed by atoms with Crippen LogP contribution in [0.3, 0.4) is 0 Å². The Morgan fingerprint density at radius 2 is 1.80 bits per heavy atom.